The number of hydrogen-bond donors (Lipinski definition) is 1. The average Bonchev–Trinajstić information content (AvgIpc) is 3.06. The van der Waals surface area contributed by atoms with Gasteiger partial charge in [0, 0.05) is 23.9 Å². The van der Waals surface area contributed by atoms with Crippen LogP contribution in [0.15, 0.2) is 18.3 Å². The van der Waals surface area contributed by atoms with Gasteiger partial charge in [0.2, 0.25) is 0 Å². The molecule has 1 atom stereocenters. The standard InChI is InChI=1S/C21H28ClN3O3/c1-4-6-10-28-20-16(22)11-14(12-19(20)27-5-2)21(26)24-17-8-7-9-18-15(17)13-23-25(18)3/h11-13,17H,4-10H2,1-3H3,(H,24,26). The molecule has 1 unspecified atom stereocenters. The molecule has 1 N–H and O–H groups in total. The van der Waals surface area contributed by atoms with Gasteiger partial charge in [0.05, 0.1) is 30.5 Å². The molecular weight excluding hydrogens is 378 g/mol. The van der Waals surface area contributed by atoms with E-state index in [-0.39, 0.29) is 11.9 Å². The molecule has 0 saturated carbocycles. The number of aryl methyl sites for hydroxylation is 1. The van der Waals surface area contributed by atoms with Crippen LogP contribution in [-0.2, 0) is 13.5 Å². The molecule has 1 aromatic heterocycles. The van der Waals surface area contributed by atoms with Crippen LogP contribution in [0.25, 0.3) is 0 Å². The lowest BCUT2D eigenvalue weighted by Crippen LogP contribution is -2.31. The molecule has 0 saturated heterocycles. The number of aromatic nitrogens is 2. The van der Waals surface area contributed by atoms with Gasteiger partial charge in [0.25, 0.3) is 5.91 Å². The molecular formula is C21H28ClN3O3. The number of nitrogens with one attached hydrogen (secondary N) is 1. The van der Waals surface area contributed by atoms with Crippen molar-refractivity contribution in [2.24, 2.45) is 7.05 Å². The Morgan fingerprint density at radius 1 is 1.36 bits per heavy atom. The first kappa shape index (κ1) is 20.5. The Labute approximate surface area is 171 Å². The third-order valence-corrected chi connectivity index (χ3v) is 5.28. The summed E-state index contributed by atoms with van der Waals surface area (Å²) in [4.78, 5) is 12.9. The highest BCUT2D eigenvalue weighted by Gasteiger charge is 2.26. The van der Waals surface area contributed by atoms with E-state index in [0.717, 1.165) is 37.7 Å². The van der Waals surface area contributed by atoms with Gasteiger partial charge in [-0.1, -0.05) is 24.9 Å². The predicted molar refractivity (Wildman–Crippen MR) is 109 cm³/mol. The maximum absolute atomic E-state index is 12.9. The molecule has 1 aliphatic rings. The minimum absolute atomic E-state index is 0.0419. The van der Waals surface area contributed by atoms with E-state index >= 15 is 0 Å². The van der Waals surface area contributed by atoms with Crippen LogP contribution in [0.2, 0.25) is 5.02 Å². The summed E-state index contributed by atoms with van der Waals surface area (Å²) < 4.78 is 13.4. The minimum atomic E-state index is -0.176. The molecule has 1 aliphatic carbocycles. The number of unbranched alkanes of at least 4 members (excludes halogenated alkanes) is 1. The van der Waals surface area contributed by atoms with Crippen molar-refractivity contribution >= 4 is 17.5 Å². The fourth-order valence-electron chi connectivity index (χ4n) is 3.52. The van der Waals surface area contributed by atoms with E-state index in [1.54, 1.807) is 12.1 Å². The molecule has 152 valence electrons. The Kier molecular flexibility index (Phi) is 6.83. The molecule has 3 rings (SSSR count). The Morgan fingerprint density at radius 2 is 2.18 bits per heavy atom. The van der Waals surface area contributed by atoms with Crippen molar-refractivity contribution in [3.63, 3.8) is 0 Å². The van der Waals surface area contributed by atoms with E-state index in [1.165, 1.54) is 5.69 Å². The smallest absolute Gasteiger partial charge is 0.251 e. The maximum atomic E-state index is 12.9. The Morgan fingerprint density at radius 3 is 2.93 bits per heavy atom. The predicted octanol–water partition coefficient (Wildman–Crippen LogP) is 4.46. The van der Waals surface area contributed by atoms with Crippen molar-refractivity contribution in [1.29, 1.82) is 0 Å². The topological polar surface area (TPSA) is 65.4 Å². The number of ether oxygens (including phenoxy) is 2. The molecule has 0 radical (unpaired) electrons. The second-order valence-electron chi connectivity index (χ2n) is 7.01. The molecule has 1 aromatic carbocycles. The fraction of sp³-hybridized carbons (Fsp3) is 0.524. The van der Waals surface area contributed by atoms with Crippen LogP contribution in [0.1, 0.15) is 67.2 Å². The minimum Gasteiger partial charge on any atom is -0.490 e. The molecule has 0 spiro atoms. The van der Waals surface area contributed by atoms with E-state index in [1.807, 2.05) is 24.9 Å². The van der Waals surface area contributed by atoms with E-state index in [2.05, 4.69) is 17.3 Å². The summed E-state index contributed by atoms with van der Waals surface area (Å²) in [6, 6.07) is 3.31. The largest absolute Gasteiger partial charge is 0.490 e. The highest BCUT2D eigenvalue weighted by Crippen LogP contribution is 2.37. The van der Waals surface area contributed by atoms with Crippen LogP contribution in [0.3, 0.4) is 0 Å². The zero-order valence-electron chi connectivity index (χ0n) is 16.8. The van der Waals surface area contributed by atoms with Crippen molar-refractivity contribution in [1.82, 2.24) is 15.1 Å². The molecule has 0 bridgehead atoms. The zero-order valence-corrected chi connectivity index (χ0v) is 17.5. The van der Waals surface area contributed by atoms with Crippen molar-refractivity contribution in [2.75, 3.05) is 13.2 Å². The number of nitrogens with zero attached hydrogens (tertiary/aromatic N) is 2. The number of amides is 1. The number of rotatable bonds is 8. The van der Waals surface area contributed by atoms with Crippen molar-refractivity contribution in [3.8, 4) is 11.5 Å². The van der Waals surface area contributed by atoms with E-state index in [9.17, 15) is 4.79 Å². The van der Waals surface area contributed by atoms with Crippen LogP contribution >= 0.6 is 11.6 Å². The van der Waals surface area contributed by atoms with E-state index < -0.39 is 0 Å². The molecule has 0 fully saturated rings. The van der Waals surface area contributed by atoms with Gasteiger partial charge >= 0.3 is 0 Å². The molecule has 2 aromatic rings. The van der Waals surface area contributed by atoms with Crippen LogP contribution in [-0.4, -0.2) is 28.9 Å². The van der Waals surface area contributed by atoms with E-state index in [4.69, 9.17) is 21.1 Å². The van der Waals surface area contributed by atoms with Crippen molar-refractivity contribution in [2.45, 2.75) is 52.0 Å². The molecule has 7 heteroatoms. The third-order valence-electron chi connectivity index (χ3n) is 5.00. The third kappa shape index (κ3) is 4.43. The summed E-state index contributed by atoms with van der Waals surface area (Å²) in [5.41, 5.74) is 2.74. The quantitative estimate of drug-likeness (QED) is 0.658. The van der Waals surface area contributed by atoms with Gasteiger partial charge in [0.15, 0.2) is 11.5 Å². The van der Waals surface area contributed by atoms with Crippen LogP contribution in [0.5, 0.6) is 11.5 Å². The van der Waals surface area contributed by atoms with Crippen molar-refractivity contribution < 1.29 is 14.3 Å². The van der Waals surface area contributed by atoms with Crippen molar-refractivity contribution in [3.05, 3.63) is 40.2 Å². The second-order valence-corrected chi connectivity index (χ2v) is 7.42. The molecule has 28 heavy (non-hydrogen) atoms. The first-order valence-electron chi connectivity index (χ1n) is 9.95. The van der Waals surface area contributed by atoms with Crippen LogP contribution in [0, 0.1) is 0 Å². The number of carbonyl (C=O) groups is 1. The monoisotopic (exact) mass is 405 g/mol. The molecule has 6 nitrogen and oxygen atoms in total. The lowest BCUT2D eigenvalue weighted by Gasteiger charge is -2.24. The van der Waals surface area contributed by atoms with Gasteiger partial charge in [-0.25, -0.2) is 0 Å². The van der Waals surface area contributed by atoms with Gasteiger partial charge in [-0.2, -0.15) is 5.10 Å². The highest BCUT2D eigenvalue weighted by molar-refractivity contribution is 6.32. The molecule has 0 aliphatic heterocycles. The first-order valence-corrected chi connectivity index (χ1v) is 10.3. The lowest BCUT2D eigenvalue weighted by atomic mass is 9.92. The summed E-state index contributed by atoms with van der Waals surface area (Å²) in [6.45, 7) is 5.02. The Bertz CT molecular complexity index is 835. The normalized spacial score (nSPS) is 15.8. The SMILES string of the molecule is CCCCOc1c(Cl)cc(C(=O)NC2CCCc3c2cnn3C)cc1OCC. The summed E-state index contributed by atoms with van der Waals surface area (Å²) in [6.07, 6.45) is 6.71. The van der Waals surface area contributed by atoms with Gasteiger partial charge in [-0.05, 0) is 44.7 Å². The number of fused-ring (bicyclic) bond motifs is 1. The molecule has 1 heterocycles. The van der Waals surface area contributed by atoms with Gasteiger partial charge < -0.3 is 14.8 Å². The molecule has 1 amide bonds. The van der Waals surface area contributed by atoms with Gasteiger partial charge in [-0.15, -0.1) is 0 Å². The van der Waals surface area contributed by atoms with Gasteiger partial charge in [-0.3, -0.25) is 9.48 Å². The second kappa shape index (κ2) is 9.32. The summed E-state index contributed by atoms with van der Waals surface area (Å²) >= 11 is 6.42. The lowest BCUT2D eigenvalue weighted by molar-refractivity contribution is 0.0932. The number of hydrogen-bond acceptors (Lipinski definition) is 4. The average molecular weight is 406 g/mol. The highest BCUT2D eigenvalue weighted by atomic mass is 35.5. The first-order chi connectivity index (χ1) is 13.5. The zero-order chi connectivity index (χ0) is 20.1. The van der Waals surface area contributed by atoms with Crippen LogP contribution in [0.4, 0.5) is 0 Å². The summed E-state index contributed by atoms with van der Waals surface area (Å²) in [5, 5.41) is 7.85. The van der Waals surface area contributed by atoms with Crippen LogP contribution < -0.4 is 14.8 Å². The van der Waals surface area contributed by atoms with E-state index in [0.29, 0.717) is 35.3 Å². The number of benzene rings is 1. The number of halogens is 1. The summed E-state index contributed by atoms with van der Waals surface area (Å²) in [7, 11) is 1.94. The van der Waals surface area contributed by atoms with Gasteiger partial charge in [0.1, 0.15) is 0 Å². The number of carbonyl (C=O) groups excluding carboxylic acids is 1. The summed E-state index contributed by atoms with van der Waals surface area (Å²) in [5.74, 6) is 0.826. The fourth-order valence-corrected chi connectivity index (χ4v) is 3.78. The Hall–Kier alpha value is -2.21. The Balaban J connectivity index is 1.80. The maximum Gasteiger partial charge on any atom is 0.251 e.